The number of nitrogens with zero attached hydrogens (tertiary/aromatic N) is 5. The lowest BCUT2D eigenvalue weighted by molar-refractivity contribution is 0.245. The van der Waals surface area contributed by atoms with Gasteiger partial charge in [-0.15, -0.1) is 0 Å². The van der Waals surface area contributed by atoms with E-state index < -0.39 is 0 Å². The first kappa shape index (κ1) is 10.7. The average molecular weight is 253 g/mol. The number of likely N-dealkylation sites (N-methyl/N-ethyl adjacent to an activating group) is 1. The summed E-state index contributed by atoms with van der Waals surface area (Å²) in [6.45, 7) is 1.94. The Bertz CT molecular complexity index is 545. The maximum Gasteiger partial charge on any atom is 0.205 e. The van der Waals surface area contributed by atoms with Gasteiger partial charge in [0, 0.05) is 19.1 Å². The molecule has 0 radical (unpaired) electrons. The molecule has 17 heavy (non-hydrogen) atoms. The normalized spacial score (nSPS) is 16.8. The van der Waals surface area contributed by atoms with Gasteiger partial charge in [0.25, 0.3) is 0 Å². The Morgan fingerprint density at radius 1 is 1.41 bits per heavy atom. The maximum atomic E-state index is 5.97. The summed E-state index contributed by atoms with van der Waals surface area (Å²) in [5, 5.41) is 0.415. The van der Waals surface area contributed by atoms with Gasteiger partial charge < -0.3 is 14.8 Å². The summed E-state index contributed by atoms with van der Waals surface area (Å²) in [5.41, 5.74) is 1.32. The van der Waals surface area contributed by atoms with Crippen molar-refractivity contribution in [2.75, 3.05) is 32.1 Å². The first-order chi connectivity index (χ1) is 8.15. The number of anilines is 1. The van der Waals surface area contributed by atoms with E-state index >= 15 is 0 Å². The lowest BCUT2D eigenvalue weighted by atomic mass is 10.1. The molecule has 1 aliphatic heterocycles. The predicted octanol–water partition coefficient (Wildman–Crippen LogP) is 0.756. The van der Waals surface area contributed by atoms with Crippen molar-refractivity contribution in [2.24, 2.45) is 0 Å². The fourth-order valence-corrected chi connectivity index (χ4v) is 2.07. The van der Waals surface area contributed by atoms with E-state index in [1.165, 1.54) is 6.33 Å². The summed E-state index contributed by atoms with van der Waals surface area (Å²) in [4.78, 5) is 20.0. The molecule has 2 aromatic rings. The highest BCUT2D eigenvalue weighted by molar-refractivity contribution is 6.33. The molecule has 0 aromatic carbocycles. The van der Waals surface area contributed by atoms with Crippen LogP contribution in [0.3, 0.4) is 0 Å². The summed E-state index contributed by atoms with van der Waals surface area (Å²) in [7, 11) is 4.17. The summed E-state index contributed by atoms with van der Waals surface area (Å²) in [6.07, 6.45) is 1.42. The van der Waals surface area contributed by atoms with Crippen LogP contribution in [0.1, 0.15) is 0 Å². The second kappa shape index (κ2) is 3.82. The quantitative estimate of drug-likeness (QED) is 0.800. The topological polar surface area (TPSA) is 60.9 Å². The Morgan fingerprint density at radius 3 is 2.82 bits per heavy atom. The average Bonchev–Trinajstić information content (AvgIpc) is 2.59. The van der Waals surface area contributed by atoms with Crippen LogP contribution in [0.25, 0.3) is 11.2 Å². The van der Waals surface area contributed by atoms with Crippen molar-refractivity contribution in [1.82, 2.24) is 24.8 Å². The highest BCUT2D eigenvalue weighted by atomic mass is 35.5. The van der Waals surface area contributed by atoms with Crippen molar-refractivity contribution in [3.05, 3.63) is 11.5 Å². The van der Waals surface area contributed by atoms with Crippen LogP contribution in [0.5, 0.6) is 0 Å². The molecule has 90 valence electrons. The number of H-pyrrole nitrogens is 1. The maximum absolute atomic E-state index is 5.97. The molecule has 0 atom stereocenters. The zero-order valence-corrected chi connectivity index (χ0v) is 10.4. The molecular weight excluding hydrogens is 240 g/mol. The monoisotopic (exact) mass is 252 g/mol. The highest BCUT2D eigenvalue weighted by Gasteiger charge is 2.30. The lowest BCUT2D eigenvalue weighted by Crippen LogP contribution is -2.57. The molecule has 1 saturated heterocycles. The van der Waals surface area contributed by atoms with Gasteiger partial charge in [0.1, 0.15) is 11.8 Å². The number of nitrogens with one attached hydrogen (secondary N) is 1. The van der Waals surface area contributed by atoms with Gasteiger partial charge in [-0.3, -0.25) is 0 Å². The Labute approximate surface area is 104 Å². The van der Waals surface area contributed by atoms with Crippen LogP contribution in [0, 0.1) is 0 Å². The van der Waals surface area contributed by atoms with Crippen LogP contribution in [0.2, 0.25) is 5.15 Å². The Hall–Kier alpha value is -1.40. The second-order valence-electron chi connectivity index (χ2n) is 4.45. The molecule has 0 spiro atoms. The molecule has 1 N–H and O–H groups in total. The molecule has 0 amide bonds. The Kier molecular flexibility index (Phi) is 2.41. The molecule has 2 aromatic heterocycles. The Morgan fingerprint density at radius 2 is 2.18 bits per heavy atom. The third-order valence-electron chi connectivity index (χ3n) is 3.12. The van der Waals surface area contributed by atoms with Gasteiger partial charge in [0.05, 0.1) is 0 Å². The highest BCUT2D eigenvalue weighted by Crippen LogP contribution is 2.24. The van der Waals surface area contributed by atoms with E-state index in [2.05, 4.69) is 43.8 Å². The Balaban J connectivity index is 1.86. The summed E-state index contributed by atoms with van der Waals surface area (Å²) in [5.74, 6) is 0.820. The summed E-state index contributed by atoms with van der Waals surface area (Å²) < 4.78 is 0. The van der Waals surface area contributed by atoms with E-state index in [-0.39, 0.29) is 0 Å². The number of imidazole rings is 1. The van der Waals surface area contributed by atoms with Crippen molar-refractivity contribution < 1.29 is 0 Å². The van der Waals surface area contributed by atoms with Gasteiger partial charge in [-0.25, -0.2) is 9.97 Å². The van der Waals surface area contributed by atoms with E-state index in [0.29, 0.717) is 22.4 Å². The smallest absolute Gasteiger partial charge is 0.205 e. The minimum atomic E-state index is 0.415. The number of hydrogen-bond donors (Lipinski definition) is 1. The van der Waals surface area contributed by atoms with Gasteiger partial charge in [-0.2, -0.15) is 4.98 Å². The van der Waals surface area contributed by atoms with Gasteiger partial charge >= 0.3 is 0 Å². The molecule has 0 saturated carbocycles. The van der Waals surface area contributed by atoms with Crippen LogP contribution >= 0.6 is 11.6 Å². The van der Waals surface area contributed by atoms with Crippen LogP contribution in [0.4, 0.5) is 5.95 Å². The lowest BCUT2D eigenvalue weighted by Gasteiger charge is -2.42. The number of hydrogen-bond acceptors (Lipinski definition) is 5. The van der Waals surface area contributed by atoms with E-state index in [0.717, 1.165) is 19.0 Å². The molecule has 0 bridgehead atoms. The van der Waals surface area contributed by atoms with E-state index in [4.69, 9.17) is 11.6 Å². The minimum Gasteiger partial charge on any atom is -0.339 e. The van der Waals surface area contributed by atoms with Gasteiger partial charge in [0.2, 0.25) is 5.95 Å². The number of aromatic nitrogens is 4. The van der Waals surface area contributed by atoms with Gasteiger partial charge in [0.15, 0.2) is 10.8 Å². The van der Waals surface area contributed by atoms with E-state index in [1.54, 1.807) is 0 Å². The molecule has 3 rings (SSSR count). The molecular formula is C10H13ClN6. The van der Waals surface area contributed by atoms with Crippen molar-refractivity contribution in [1.29, 1.82) is 0 Å². The molecule has 3 heterocycles. The fourth-order valence-electron chi connectivity index (χ4n) is 1.89. The SMILES string of the molecule is CN(C)C1CN(c2nc3ncnc(Cl)c3[nH]2)C1. The van der Waals surface area contributed by atoms with Crippen molar-refractivity contribution in [2.45, 2.75) is 6.04 Å². The molecule has 0 unspecified atom stereocenters. The van der Waals surface area contributed by atoms with Crippen molar-refractivity contribution in [3.8, 4) is 0 Å². The standard InChI is InChI=1S/C10H13ClN6/c1-16(2)6-3-17(4-6)10-14-7-8(11)12-5-13-9(7)15-10/h5-6H,3-4H2,1-2H3,(H,12,13,14,15). The van der Waals surface area contributed by atoms with Crippen molar-refractivity contribution >= 4 is 28.7 Å². The molecule has 0 aliphatic carbocycles. The molecule has 7 heteroatoms. The minimum absolute atomic E-state index is 0.415. The van der Waals surface area contributed by atoms with Crippen LogP contribution < -0.4 is 4.90 Å². The van der Waals surface area contributed by atoms with Crippen LogP contribution in [0.15, 0.2) is 6.33 Å². The number of rotatable bonds is 2. The van der Waals surface area contributed by atoms with Gasteiger partial charge in [-0.1, -0.05) is 11.6 Å². The fraction of sp³-hybridized carbons (Fsp3) is 0.500. The predicted molar refractivity (Wildman–Crippen MR) is 66.4 cm³/mol. The van der Waals surface area contributed by atoms with Crippen LogP contribution in [-0.2, 0) is 0 Å². The number of halogens is 1. The van der Waals surface area contributed by atoms with Crippen LogP contribution in [-0.4, -0.2) is 58.1 Å². The largest absolute Gasteiger partial charge is 0.339 e. The van der Waals surface area contributed by atoms with Crippen molar-refractivity contribution in [3.63, 3.8) is 0 Å². The van der Waals surface area contributed by atoms with E-state index in [1.807, 2.05) is 0 Å². The third-order valence-corrected chi connectivity index (χ3v) is 3.41. The number of fused-ring (bicyclic) bond motifs is 1. The summed E-state index contributed by atoms with van der Waals surface area (Å²) in [6, 6.07) is 0.588. The molecule has 1 aliphatic rings. The first-order valence-corrected chi connectivity index (χ1v) is 5.80. The van der Waals surface area contributed by atoms with Gasteiger partial charge in [-0.05, 0) is 14.1 Å². The number of aromatic amines is 1. The second-order valence-corrected chi connectivity index (χ2v) is 4.80. The zero-order valence-electron chi connectivity index (χ0n) is 9.68. The molecule has 1 fully saturated rings. The zero-order chi connectivity index (χ0) is 12.0. The first-order valence-electron chi connectivity index (χ1n) is 5.42. The molecule has 6 nitrogen and oxygen atoms in total. The third kappa shape index (κ3) is 1.73. The summed E-state index contributed by atoms with van der Waals surface area (Å²) >= 11 is 5.97. The van der Waals surface area contributed by atoms with E-state index in [9.17, 15) is 0 Å².